The Labute approximate surface area is 134 Å². The van der Waals surface area contributed by atoms with E-state index in [9.17, 15) is 4.79 Å². The fraction of sp³-hybridized carbons (Fsp3) is 0.467. The van der Waals surface area contributed by atoms with E-state index >= 15 is 0 Å². The third-order valence-electron chi connectivity index (χ3n) is 4.09. The van der Waals surface area contributed by atoms with Gasteiger partial charge in [-0.05, 0) is 25.5 Å². The molecular weight excluding hydrogens is 296 g/mol. The molecule has 0 aliphatic heterocycles. The van der Waals surface area contributed by atoms with Crippen molar-refractivity contribution in [1.82, 2.24) is 24.6 Å². The number of hydrogen-bond donors (Lipinski definition) is 2. The molecule has 0 aromatic carbocycles. The van der Waals surface area contributed by atoms with Gasteiger partial charge in [-0.25, -0.2) is 9.67 Å². The predicted octanol–water partition coefficient (Wildman–Crippen LogP) is 1.01. The van der Waals surface area contributed by atoms with Gasteiger partial charge in [0.2, 0.25) is 0 Å². The first-order valence-electron chi connectivity index (χ1n) is 7.70. The number of carboxylic acid groups (broad SMARTS) is 1. The minimum Gasteiger partial charge on any atom is -0.480 e. The van der Waals surface area contributed by atoms with E-state index in [1.807, 2.05) is 24.1 Å². The Bertz CT molecular complexity index is 654. The summed E-state index contributed by atoms with van der Waals surface area (Å²) in [6.45, 7) is 2.84. The summed E-state index contributed by atoms with van der Waals surface area (Å²) in [5.74, 6) is 0.598. The zero-order chi connectivity index (χ0) is 16.2. The second kappa shape index (κ2) is 6.74. The maximum absolute atomic E-state index is 10.9. The van der Waals surface area contributed by atoms with E-state index in [-0.39, 0.29) is 6.54 Å². The molecule has 122 valence electrons. The topological polar surface area (TPSA) is 96.2 Å². The van der Waals surface area contributed by atoms with Crippen LogP contribution in [0, 0.1) is 0 Å². The van der Waals surface area contributed by atoms with E-state index in [4.69, 9.17) is 5.11 Å². The Hall–Kier alpha value is -2.48. The van der Waals surface area contributed by atoms with Gasteiger partial charge < -0.3 is 10.4 Å². The molecule has 23 heavy (non-hydrogen) atoms. The monoisotopic (exact) mass is 316 g/mol. The number of anilines is 1. The van der Waals surface area contributed by atoms with E-state index in [0.29, 0.717) is 23.7 Å². The van der Waals surface area contributed by atoms with Crippen molar-refractivity contribution in [3.63, 3.8) is 0 Å². The maximum Gasteiger partial charge on any atom is 0.317 e. The van der Waals surface area contributed by atoms with Gasteiger partial charge in [0.1, 0.15) is 5.82 Å². The highest BCUT2D eigenvalue weighted by Gasteiger charge is 2.33. The lowest BCUT2D eigenvalue weighted by atomic mass is 9.85. The van der Waals surface area contributed by atoms with Crippen LogP contribution < -0.4 is 5.32 Å². The number of nitrogens with zero attached hydrogens (tertiary/aromatic N) is 5. The molecule has 0 atom stereocenters. The van der Waals surface area contributed by atoms with Crippen LogP contribution in [0.2, 0.25) is 0 Å². The van der Waals surface area contributed by atoms with Crippen LogP contribution in [0.4, 0.5) is 5.82 Å². The first-order valence-corrected chi connectivity index (χ1v) is 7.70. The smallest absolute Gasteiger partial charge is 0.317 e. The highest BCUT2D eigenvalue weighted by atomic mass is 16.4. The van der Waals surface area contributed by atoms with Gasteiger partial charge in [-0.15, -0.1) is 0 Å². The number of likely N-dealkylation sites (N-methyl/N-ethyl adjacent to an activating group) is 1. The van der Waals surface area contributed by atoms with Gasteiger partial charge in [-0.1, -0.05) is 6.92 Å². The van der Waals surface area contributed by atoms with Gasteiger partial charge in [-0.2, -0.15) is 5.10 Å². The van der Waals surface area contributed by atoms with Crippen molar-refractivity contribution in [3.05, 3.63) is 30.9 Å². The number of aliphatic carboxylic acids is 1. The largest absolute Gasteiger partial charge is 0.480 e. The van der Waals surface area contributed by atoms with Crippen molar-refractivity contribution in [2.24, 2.45) is 0 Å². The minimum absolute atomic E-state index is 0.0997. The van der Waals surface area contributed by atoms with Crippen molar-refractivity contribution in [2.45, 2.75) is 31.8 Å². The molecule has 1 fully saturated rings. The molecular formula is C15H20N6O2. The highest BCUT2D eigenvalue weighted by molar-refractivity contribution is 5.69. The van der Waals surface area contributed by atoms with Gasteiger partial charge in [0, 0.05) is 24.5 Å². The standard InChI is InChI=1S/C15H20N6O2/c1-2-20(10-15(22)23)12-6-11(7-12)18-13-8-16-9-14(19-13)21-5-3-4-17-21/h3-5,8-9,11-12H,2,6-7,10H2,1H3,(H,18,19)(H,22,23). The van der Waals surface area contributed by atoms with Gasteiger partial charge in [0.15, 0.2) is 5.82 Å². The fourth-order valence-corrected chi connectivity index (χ4v) is 2.83. The van der Waals surface area contributed by atoms with Crippen LogP contribution in [0.3, 0.4) is 0 Å². The molecule has 0 spiro atoms. The number of carbonyl (C=O) groups is 1. The van der Waals surface area contributed by atoms with Gasteiger partial charge in [-0.3, -0.25) is 14.7 Å². The van der Waals surface area contributed by atoms with Crippen LogP contribution in [-0.4, -0.2) is 60.9 Å². The van der Waals surface area contributed by atoms with E-state index in [1.165, 1.54) is 0 Å². The molecule has 8 heteroatoms. The lowest BCUT2D eigenvalue weighted by Gasteiger charge is -2.42. The van der Waals surface area contributed by atoms with Crippen molar-refractivity contribution >= 4 is 11.8 Å². The lowest BCUT2D eigenvalue weighted by Crippen LogP contribution is -2.51. The Morgan fingerprint density at radius 3 is 2.96 bits per heavy atom. The highest BCUT2D eigenvalue weighted by Crippen LogP contribution is 2.28. The average Bonchev–Trinajstić information content (AvgIpc) is 3.03. The molecule has 0 radical (unpaired) electrons. The molecule has 2 heterocycles. The van der Waals surface area contributed by atoms with Crippen LogP contribution >= 0.6 is 0 Å². The quantitative estimate of drug-likeness (QED) is 0.787. The first kappa shape index (κ1) is 15.4. The molecule has 0 unspecified atom stereocenters. The van der Waals surface area contributed by atoms with Crippen molar-refractivity contribution in [2.75, 3.05) is 18.4 Å². The van der Waals surface area contributed by atoms with Gasteiger partial charge in [0.25, 0.3) is 0 Å². The van der Waals surface area contributed by atoms with Crippen LogP contribution in [0.1, 0.15) is 19.8 Å². The molecule has 1 saturated carbocycles. The van der Waals surface area contributed by atoms with Crippen LogP contribution in [-0.2, 0) is 4.79 Å². The summed E-state index contributed by atoms with van der Waals surface area (Å²) < 4.78 is 1.66. The number of carboxylic acids is 1. The third-order valence-corrected chi connectivity index (χ3v) is 4.09. The fourth-order valence-electron chi connectivity index (χ4n) is 2.83. The summed E-state index contributed by atoms with van der Waals surface area (Å²) in [7, 11) is 0. The number of nitrogens with one attached hydrogen (secondary N) is 1. The second-order valence-electron chi connectivity index (χ2n) is 5.64. The molecule has 1 aliphatic carbocycles. The van der Waals surface area contributed by atoms with E-state index < -0.39 is 5.97 Å². The Kier molecular flexibility index (Phi) is 4.52. The Morgan fingerprint density at radius 2 is 2.30 bits per heavy atom. The normalized spacial score (nSPS) is 20.3. The van der Waals surface area contributed by atoms with Crippen molar-refractivity contribution in [1.29, 1.82) is 0 Å². The summed E-state index contributed by atoms with van der Waals surface area (Å²) in [4.78, 5) is 21.5. The molecule has 0 saturated heterocycles. The van der Waals surface area contributed by atoms with E-state index in [2.05, 4.69) is 20.4 Å². The van der Waals surface area contributed by atoms with E-state index in [1.54, 1.807) is 23.3 Å². The SMILES string of the molecule is CCN(CC(=O)O)C1CC(Nc2cncc(-n3cccn3)n2)C1. The lowest BCUT2D eigenvalue weighted by molar-refractivity contribution is -0.139. The molecule has 1 aliphatic rings. The molecule has 0 amide bonds. The predicted molar refractivity (Wildman–Crippen MR) is 84.5 cm³/mol. The molecule has 2 N–H and O–H groups in total. The van der Waals surface area contributed by atoms with Crippen LogP contribution in [0.15, 0.2) is 30.9 Å². The average molecular weight is 316 g/mol. The number of aromatic nitrogens is 4. The number of hydrogen-bond acceptors (Lipinski definition) is 6. The Balaban J connectivity index is 1.56. The summed E-state index contributed by atoms with van der Waals surface area (Å²) >= 11 is 0. The van der Waals surface area contributed by atoms with E-state index in [0.717, 1.165) is 19.4 Å². The second-order valence-corrected chi connectivity index (χ2v) is 5.64. The van der Waals surface area contributed by atoms with Gasteiger partial charge >= 0.3 is 5.97 Å². The number of rotatable bonds is 7. The zero-order valence-corrected chi connectivity index (χ0v) is 13.0. The van der Waals surface area contributed by atoms with Gasteiger partial charge in [0.05, 0.1) is 18.9 Å². The summed E-state index contributed by atoms with van der Waals surface area (Å²) in [6.07, 6.45) is 8.69. The molecule has 2 aromatic rings. The van der Waals surface area contributed by atoms with Crippen LogP contribution in [0.5, 0.6) is 0 Å². The third kappa shape index (κ3) is 3.65. The first-order chi connectivity index (χ1) is 11.2. The molecule has 2 aromatic heterocycles. The zero-order valence-electron chi connectivity index (χ0n) is 13.0. The summed E-state index contributed by atoms with van der Waals surface area (Å²) in [6, 6.07) is 2.45. The molecule has 3 rings (SSSR count). The molecule has 0 bridgehead atoms. The van der Waals surface area contributed by atoms with Crippen LogP contribution in [0.25, 0.3) is 5.82 Å². The minimum atomic E-state index is -0.777. The van der Waals surface area contributed by atoms with Crippen molar-refractivity contribution < 1.29 is 9.90 Å². The Morgan fingerprint density at radius 1 is 1.48 bits per heavy atom. The summed E-state index contributed by atoms with van der Waals surface area (Å²) in [5, 5.41) is 16.4. The molecule has 8 nitrogen and oxygen atoms in total. The van der Waals surface area contributed by atoms with Crippen molar-refractivity contribution in [3.8, 4) is 5.82 Å². The maximum atomic E-state index is 10.9. The summed E-state index contributed by atoms with van der Waals surface area (Å²) in [5.41, 5.74) is 0.